The number of piperidine rings is 1. The normalized spacial score (nSPS) is 19.0. The lowest BCUT2D eigenvalue weighted by molar-refractivity contribution is -0.130. The zero-order valence-corrected chi connectivity index (χ0v) is 12.2. The molecule has 1 unspecified atom stereocenters. The third-order valence-corrected chi connectivity index (χ3v) is 4.87. The van der Waals surface area contributed by atoms with Crippen molar-refractivity contribution in [2.45, 2.75) is 51.3 Å². The smallest absolute Gasteiger partial charge is 0.232 e. The molecule has 1 rings (SSSR count). The van der Waals surface area contributed by atoms with Crippen molar-refractivity contribution in [2.24, 2.45) is 0 Å². The highest BCUT2D eigenvalue weighted by atomic mass is 32.2. The molecule has 100 valence electrons. The first-order valence-corrected chi connectivity index (χ1v) is 7.85. The molecule has 0 aromatic carbocycles. The van der Waals surface area contributed by atoms with E-state index in [4.69, 9.17) is 0 Å². The van der Waals surface area contributed by atoms with Crippen LogP contribution in [-0.4, -0.2) is 47.5 Å². The molecule has 1 saturated heterocycles. The molecule has 0 aliphatic carbocycles. The standard InChI is InChI=1S/C13H26N2OS/c1-4-11(3)15(5-2)13(16)10-17-12-6-8-14-9-7-12/h11-12,14H,4-10H2,1-3H3. The van der Waals surface area contributed by atoms with Crippen LogP contribution in [0.25, 0.3) is 0 Å². The zero-order valence-electron chi connectivity index (χ0n) is 11.4. The van der Waals surface area contributed by atoms with Gasteiger partial charge in [-0.1, -0.05) is 6.92 Å². The summed E-state index contributed by atoms with van der Waals surface area (Å²) in [6.45, 7) is 9.39. The summed E-state index contributed by atoms with van der Waals surface area (Å²) in [6, 6.07) is 0.376. The van der Waals surface area contributed by atoms with Crippen LogP contribution in [0.2, 0.25) is 0 Å². The lowest BCUT2D eigenvalue weighted by Crippen LogP contribution is -2.39. The van der Waals surface area contributed by atoms with Gasteiger partial charge in [0.1, 0.15) is 0 Å². The van der Waals surface area contributed by atoms with Crippen LogP contribution in [0, 0.1) is 0 Å². The van der Waals surface area contributed by atoms with Crippen LogP contribution in [0.4, 0.5) is 0 Å². The third kappa shape index (κ3) is 4.88. The maximum absolute atomic E-state index is 12.1. The second-order valence-corrected chi connectivity index (χ2v) is 5.99. The number of carbonyl (C=O) groups is 1. The Balaban J connectivity index is 2.31. The van der Waals surface area contributed by atoms with Crippen LogP contribution in [-0.2, 0) is 4.79 Å². The summed E-state index contributed by atoms with van der Waals surface area (Å²) in [6.07, 6.45) is 3.44. The van der Waals surface area contributed by atoms with Gasteiger partial charge in [0.15, 0.2) is 0 Å². The molecule has 1 aliphatic heterocycles. The predicted octanol–water partition coefficient (Wildman–Crippen LogP) is 2.12. The van der Waals surface area contributed by atoms with E-state index in [2.05, 4.69) is 26.1 Å². The molecule has 1 fully saturated rings. The quantitative estimate of drug-likeness (QED) is 0.792. The van der Waals surface area contributed by atoms with Crippen LogP contribution in [0.3, 0.4) is 0 Å². The third-order valence-electron chi connectivity index (χ3n) is 3.51. The van der Waals surface area contributed by atoms with E-state index in [1.807, 2.05) is 16.7 Å². The van der Waals surface area contributed by atoms with Gasteiger partial charge in [0.2, 0.25) is 5.91 Å². The van der Waals surface area contributed by atoms with Gasteiger partial charge in [-0.3, -0.25) is 4.79 Å². The average molecular weight is 258 g/mol. The molecule has 0 saturated carbocycles. The summed E-state index contributed by atoms with van der Waals surface area (Å²) in [7, 11) is 0. The van der Waals surface area contributed by atoms with Crippen molar-refractivity contribution >= 4 is 17.7 Å². The first-order valence-electron chi connectivity index (χ1n) is 6.80. The van der Waals surface area contributed by atoms with E-state index in [0.717, 1.165) is 26.1 Å². The number of nitrogens with one attached hydrogen (secondary N) is 1. The molecular weight excluding hydrogens is 232 g/mol. The fourth-order valence-electron chi connectivity index (χ4n) is 2.19. The van der Waals surface area contributed by atoms with Crippen LogP contribution in [0.1, 0.15) is 40.0 Å². The molecule has 1 amide bonds. The van der Waals surface area contributed by atoms with Crippen molar-refractivity contribution in [1.29, 1.82) is 0 Å². The first-order chi connectivity index (χ1) is 8.19. The molecule has 17 heavy (non-hydrogen) atoms. The number of thioether (sulfide) groups is 1. The van der Waals surface area contributed by atoms with Crippen LogP contribution in [0.5, 0.6) is 0 Å². The fourth-order valence-corrected chi connectivity index (χ4v) is 3.30. The lowest BCUT2D eigenvalue weighted by Gasteiger charge is -2.28. The second-order valence-electron chi connectivity index (χ2n) is 4.70. The molecule has 4 heteroatoms. The predicted molar refractivity (Wildman–Crippen MR) is 75.5 cm³/mol. The average Bonchev–Trinajstić information content (AvgIpc) is 2.38. The summed E-state index contributed by atoms with van der Waals surface area (Å²) >= 11 is 1.85. The van der Waals surface area contributed by atoms with Crippen molar-refractivity contribution in [3.8, 4) is 0 Å². The molecule has 1 atom stereocenters. The van der Waals surface area contributed by atoms with Gasteiger partial charge in [-0.05, 0) is 46.2 Å². The second kappa shape index (κ2) is 7.98. The maximum Gasteiger partial charge on any atom is 0.232 e. The Morgan fingerprint density at radius 3 is 2.59 bits per heavy atom. The van der Waals surface area contributed by atoms with E-state index >= 15 is 0 Å². The van der Waals surface area contributed by atoms with Gasteiger partial charge in [0.25, 0.3) is 0 Å². The highest BCUT2D eigenvalue weighted by Gasteiger charge is 2.20. The molecular formula is C13H26N2OS. The maximum atomic E-state index is 12.1. The van der Waals surface area contributed by atoms with Crippen molar-refractivity contribution in [3.63, 3.8) is 0 Å². The summed E-state index contributed by atoms with van der Waals surface area (Å²) in [5.41, 5.74) is 0. The van der Waals surface area contributed by atoms with Crippen LogP contribution < -0.4 is 5.32 Å². The zero-order chi connectivity index (χ0) is 12.7. The van der Waals surface area contributed by atoms with Crippen molar-refractivity contribution < 1.29 is 4.79 Å². The number of hydrogen-bond donors (Lipinski definition) is 1. The molecule has 1 aliphatic rings. The van der Waals surface area contributed by atoms with E-state index in [-0.39, 0.29) is 0 Å². The topological polar surface area (TPSA) is 32.3 Å². The van der Waals surface area contributed by atoms with Crippen LogP contribution >= 0.6 is 11.8 Å². The minimum Gasteiger partial charge on any atom is -0.340 e. The Kier molecular flexibility index (Phi) is 6.97. The summed E-state index contributed by atoms with van der Waals surface area (Å²) < 4.78 is 0. The molecule has 0 aromatic heterocycles. The van der Waals surface area contributed by atoms with E-state index in [9.17, 15) is 4.79 Å². The summed E-state index contributed by atoms with van der Waals surface area (Å²) in [5.74, 6) is 0.966. The van der Waals surface area contributed by atoms with Crippen molar-refractivity contribution in [2.75, 3.05) is 25.4 Å². The highest BCUT2D eigenvalue weighted by molar-refractivity contribution is 8.00. The van der Waals surface area contributed by atoms with Crippen LogP contribution in [0.15, 0.2) is 0 Å². The Morgan fingerprint density at radius 1 is 1.41 bits per heavy atom. The molecule has 0 bridgehead atoms. The minimum absolute atomic E-state index is 0.311. The molecule has 3 nitrogen and oxygen atoms in total. The largest absolute Gasteiger partial charge is 0.340 e. The van der Waals surface area contributed by atoms with Gasteiger partial charge in [0.05, 0.1) is 5.75 Å². The van der Waals surface area contributed by atoms with Gasteiger partial charge >= 0.3 is 0 Å². The SMILES string of the molecule is CCC(C)N(CC)C(=O)CSC1CCNCC1. The molecule has 1 heterocycles. The van der Waals surface area contributed by atoms with E-state index in [1.54, 1.807) is 0 Å². The lowest BCUT2D eigenvalue weighted by atomic mass is 10.2. The number of amides is 1. The Hall–Kier alpha value is -0.220. The van der Waals surface area contributed by atoms with Gasteiger partial charge in [-0.25, -0.2) is 0 Å². The molecule has 1 N–H and O–H groups in total. The van der Waals surface area contributed by atoms with E-state index in [0.29, 0.717) is 23.0 Å². The van der Waals surface area contributed by atoms with Gasteiger partial charge in [-0.2, -0.15) is 0 Å². The number of rotatable bonds is 6. The monoisotopic (exact) mass is 258 g/mol. The highest BCUT2D eigenvalue weighted by Crippen LogP contribution is 2.21. The van der Waals surface area contributed by atoms with Gasteiger partial charge < -0.3 is 10.2 Å². The van der Waals surface area contributed by atoms with Gasteiger partial charge in [-0.15, -0.1) is 11.8 Å². The first kappa shape index (κ1) is 14.8. The molecule has 0 spiro atoms. The fraction of sp³-hybridized carbons (Fsp3) is 0.923. The summed E-state index contributed by atoms with van der Waals surface area (Å²) in [5, 5.41) is 4.03. The Morgan fingerprint density at radius 2 is 2.06 bits per heavy atom. The van der Waals surface area contributed by atoms with Crippen molar-refractivity contribution in [3.05, 3.63) is 0 Å². The van der Waals surface area contributed by atoms with Gasteiger partial charge in [0, 0.05) is 17.8 Å². The Labute approximate surface area is 110 Å². The number of nitrogens with zero attached hydrogens (tertiary/aromatic N) is 1. The summed E-state index contributed by atoms with van der Waals surface area (Å²) in [4.78, 5) is 14.1. The molecule has 0 radical (unpaired) electrons. The number of hydrogen-bond acceptors (Lipinski definition) is 3. The van der Waals surface area contributed by atoms with E-state index in [1.165, 1.54) is 12.8 Å². The Bertz CT molecular complexity index is 229. The van der Waals surface area contributed by atoms with E-state index < -0.39 is 0 Å². The number of carbonyl (C=O) groups excluding carboxylic acids is 1. The molecule has 0 aromatic rings. The van der Waals surface area contributed by atoms with Crippen molar-refractivity contribution in [1.82, 2.24) is 10.2 Å². The minimum atomic E-state index is 0.311.